The summed E-state index contributed by atoms with van der Waals surface area (Å²) in [5, 5.41) is 7.64. The topological polar surface area (TPSA) is 58.2 Å². The zero-order valence-corrected chi connectivity index (χ0v) is 11.0. The zero-order valence-electron chi connectivity index (χ0n) is 11.0. The van der Waals surface area contributed by atoms with Gasteiger partial charge in [0, 0.05) is 42.6 Å². The molecule has 2 fully saturated rings. The molecule has 0 spiro atoms. The number of hydrogen-bond donors (Lipinski definition) is 1. The van der Waals surface area contributed by atoms with Gasteiger partial charge >= 0.3 is 0 Å². The first-order valence-electron chi connectivity index (χ1n) is 7.25. The minimum absolute atomic E-state index is 0.329. The first-order chi connectivity index (χ1) is 9.33. The summed E-state index contributed by atoms with van der Waals surface area (Å²) in [5.41, 5.74) is 3.62. The molecule has 1 aromatic rings. The number of fused-ring (bicyclic) bond motifs is 1. The van der Waals surface area contributed by atoms with Crippen LogP contribution in [0.25, 0.3) is 0 Å². The van der Waals surface area contributed by atoms with Crippen LogP contribution < -0.4 is 0 Å². The number of aromatic amines is 1. The number of carbonyl (C=O) groups excluding carboxylic acids is 1. The molecule has 1 unspecified atom stereocenters. The third-order valence-electron chi connectivity index (χ3n) is 4.54. The van der Waals surface area contributed by atoms with Crippen LogP contribution in [0.2, 0.25) is 0 Å². The molecule has 1 amide bonds. The molecule has 1 atom stereocenters. The van der Waals surface area contributed by atoms with Gasteiger partial charge in [-0.05, 0) is 19.3 Å². The van der Waals surface area contributed by atoms with E-state index in [9.17, 15) is 4.79 Å². The highest BCUT2D eigenvalue weighted by Crippen LogP contribution is 2.36. The number of nitrogens with one attached hydrogen (secondary N) is 1. The van der Waals surface area contributed by atoms with Crippen LogP contribution in [0.1, 0.15) is 42.1 Å². The second-order valence-corrected chi connectivity index (χ2v) is 5.91. The lowest BCUT2D eigenvalue weighted by atomic mass is 9.98. The molecule has 1 N–H and O–H groups in total. The van der Waals surface area contributed by atoms with Crippen molar-refractivity contribution in [1.29, 1.82) is 0 Å². The number of ether oxygens (including phenoxy) is 1. The Morgan fingerprint density at radius 2 is 2.26 bits per heavy atom. The van der Waals surface area contributed by atoms with Crippen molar-refractivity contribution in [2.24, 2.45) is 5.92 Å². The van der Waals surface area contributed by atoms with Crippen molar-refractivity contribution in [1.82, 2.24) is 15.1 Å². The van der Waals surface area contributed by atoms with Crippen molar-refractivity contribution in [2.45, 2.75) is 38.2 Å². The molecule has 102 valence electrons. The predicted octanol–water partition coefficient (Wildman–Crippen LogP) is 1.21. The fraction of sp³-hybridized carbons (Fsp3) is 0.714. The van der Waals surface area contributed by atoms with Gasteiger partial charge in [0.2, 0.25) is 5.91 Å². The molecule has 0 aromatic carbocycles. The minimum Gasteiger partial charge on any atom is -0.376 e. The SMILES string of the molecule is O=C(C1CC1)N1CCC(c2n[nH]c3c2COCC3)C1. The van der Waals surface area contributed by atoms with Crippen LogP contribution in [-0.4, -0.2) is 40.7 Å². The number of likely N-dealkylation sites (tertiary alicyclic amines) is 1. The average Bonchev–Trinajstić information content (AvgIpc) is 3.01. The first kappa shape index (κ1) is 11.5. The van der Waals surface area contributed by atoms with Gasteiger partial charge in [0.1, 0.15) is 0 Å². The third kappa shape index (κ3) is 1.96. The van der Waals surface area contributed by atoms with Crippen molar-refractivity contribution < 1.29 is 9.53 Å². The molecule has 1 aliphatic carbocycles. The lowest BCUT2D eigenvalue weighted by molar-refractivity contribution is -0.131. The first-order valence-corrected chi connectivity index (χ1v) is 7.25. The van der Waals surface area contributed by atoms with Crippen LogP contribution in [0.5, 0.6) is 0 Å². The number of rotatable bonds is 2. The Kier molecular flexibility index (Phi) is 2.62. The Hall–Kier alpha value is -1.36. The van der Waals surface area contributed by atoms with Gasteiger partial charge in [0.25, 0.3) is 0 Å². The van der Waals surface area contributed by atoms with Crippen LogP contribution in [-0.2, 0) is 22.6 Å². The second-order valence-electron chi connectivity index (χ2n) is 5.91. The summed E-state index contributed by atoms with van der Waals surface area (Å²) >= 11 is 0. The van der Waals surface area contributed by atoms with Crippen LogP contribution in [0, 0.1) is 5.92 Å². The van der Waals surface area contributed by atoms with Crippen LogP contribution in [0.15, 0.2) is 0 Å². The van der Waals surface area contributed by atoms with E-state index in [0.29, 0.717) is 24.3 Å². The molecular weight excluding hydrogens is 242 g/mol. The average molecular weight is 261 g/mol. The summed E-state index contributed by atoms with van der Waals surface area (Å²) in [6, 6.07) is 0. The van der Waals surface area contributed by atoms with Gasteiger partial charge in [-0.2, -0.15) is 5.10 Å². The Bertz CT molecular complexity index is 507. The van der Waals surface area contributed by atoms with Crippen molar-refractivity contribution >= 4 is 5.91 Å². The molecule has 19 heavy (non-hydrogen) atoms. The molecule has 5 nitrogen and oxygen atoms in total. The standard InChI is InChI=1S/C14H19N3O2/c18-14(9-1-2-9)17-5-3-10(7-17)13-11-8-19-6-4-12(11)15-16-13/h9-10H,1-8H2,(H,15,16). The van der Waals surface area contributed by atoms with Gasteiger partial charge in [-0.15, -0.1) is 0 Å². The molecule has 3 heterocycles. The number of nitrogens with zero attached hydrogens (tertiary/aromatic N) is 2. The molecule has 1 saturated heterocycles. The van der Waals surface area contributed by atoms with E-state index >= 15 is 0 Å². The smallest absolute Gasteiger partial charge is 0.225 e. The molecule has 2 aliphatic heterocycles. The van der Waals surface area contributed by atoms with Gasteiger partial charge in [0.05, 0.1) is 18.9 Å². The summed E-state index contributed by atoms with van der Waals surface area (Å²) in [6.07, 6.45) is 4.15. The molecule has 5 heteroatoms. The zero-order chi connectivity index (χ0) is 12.8. The highest BCUT2D eigenvalue weighted by molar-refractivity contribution is 5.81. The maximum Gasteiger partial charge on any atom is 0.225 e. The van der Waals surface area contributed by atoms with Crippen molar-refractivity contribution in [3.8, 4) is 0 Å². The lowest BCUT2D eigenvalue weighted by Gasteiger charge is -2.17. The van der Waals surface area contributed by atoms with Crippen LogP contribution >= 0.6 is 0 Å². The summed E-state index contributed by atoms with van der Waals surface area (Å²) in [4.78, 5) is 14.1. The summed E-state index contributed by atoms with van der Waals surface area (Å²) in [6.45, 7) is 3.19. The molecular formula is C14H19N3O2. The van der Waals surface area contributed by atoms with E-state index in [1.54, 1.807) is 0 Å². The van der Waals surface area contributed by atoms with Crippen LogP contribution in [0.4, 0.5) is 0 Å². The van der Waals surface area contributed by atoms with E-state index < -0.39 is 0 Å². The van der Waals surface area contributed by atoms with Gasteiger partial charge in [-0.3, -0.25) is 9.89 Å². The molecule has 1 saturated carbocycles. The monoisotopic (exact) mass is 261 g/mol. The van der Waals surface area contributed by atoms with Crippen molar-refractivity contribution in [3.63, 3.8) is 0 Å². The largest absolute Gasteiger partial charge is 0.376 e. The van der Waals surface area contributed by atoms with E-state index in [0.717, 1.165) is 51.1 Å². The fourth-order valence-corrected chi connectivity index (χ4v) is 3.24. The summed E-state index contributed by atoms with van der Waals surface area (Å²) in [5.74, 6) is 1.09. The number of carbonyl (C=O) groups is 1. The summed E-state index contributed by atoms with van der Waals surface area (Å²) in [7, 11) is 0. The fourth-order valence-electron chi connectivity index (χ4n) is 3.24. The Balaban J connectivity index is 1.51. The third-order valence-corrected chi connectivity index (χ3v) is 4.54. The number of hydrogen-bond acceptors (Lipinski definition) is 3. The Morgan fingerprint density at radius 3 is 3.11 bits per heavy atom. The van der Waals surface area contributed by atoms with Crippen molar-refractivity contribution in [3.05, 3.63) is 17.0 Å². The highest BCUT2D eigenvalue weighted by Gasteiger charge is 2.38. The molecule has 3 aliphatic rings. The minimum atomic E-state index is 0.329. The van der Waals surface area contributed by atoms with E-state index in [2.05, 4.69) is 10.2 Å². The predicted molar refractivity (Wildman–Crippen MR) is 68.6 cm³/mol. The van der Waals surface area contributed by atoms with E-state index in [4.69, 9.17) is 4.74 Å². The number of aromatic nitrogens is 2. The highest BCUT2D eigenvalue weighted by atomic mass is 16.5. The maximum absolute atomic E-state index is 12.1. The molecule has 4 rings (SSSR count). The number of amides is 1. The van der Waals surface area contributed by atoms with Crippen molar-refractivity contribution in [2.75, 3.05) is 19.7 Å². The van der Waals surface area contributed by atoms with Gasteiger partial charge < -0.3 is 9.64 Å². The molecule has 1 aromatic heterocycles. The van der Waals surface area contributed by atoms with Gasteiger partial charge in [0.15, 0.2) is 0 Å². The van der Waals surface area contributed by atoms with Crippen LogP contribution in [0.3, 0.4) is 0 Å². The normalized spacial score (nSPS) is 26.5. The molecule has 0 radical (unpaired) electrons. The quantitative estimate of drug-likeness (QED) is 0.870. The maximum atomic E-state index is 12.1. The lowest BCUT2D eigenvalue weighted by Crippen LogP contribution is -2.29. The second kappa shape index (κ2) is 4.34. The van der Waals surface area contributed by atoms with E-state index in [1.165, 1.54) is 11.3 Å². The number of H-pyrrole nitrogens is 1. The van der Waals surface area contributed by atoms with Gasteiger partial charge in [-0.1, -0.05) is 0 Å². The Morgan fingerprint density at radius 1 is 1.37 bits per heavy atom. The molecule has 0 bridgehead atoms. The van der Waals surface area contributed by atoms with E-state index in [-0.39, 0.29) is 0 Å². The summed E-state index contributed by atoms with van der Waals surface area (Å²) < 4.78 is 5.54. The van der Waals surface area contributed by atoms with Gasteiger partial charge in [-0.25, -0.2) is 0 Å². The Labute approximate surface area is 112 Å². The van der Waals surface area contributed by atoms with E-state index in [1.807, 2.05) is 4.90 Å².